The number of hydrogen-bond donors (Lipinski definition) is 0. The van der Waals surface area contributed by atoms with Crippen LogP contribution in [0.25, 0.3) is 11.1 Å². The Bertz CT molecular complexity index is 577. The number of benzene rings is 2. The molecule has 0 N–H and O–H groups in total. The third kappa shape index (κ3) is 1.74. The normalized spacial score (nSPS) is 15.2. The largest absolute Gasteiger partial charge is 0.0613 e. The van der Waals surface area contributed by atoms with Crippen molar-refractivity contribution in [1.29, 1.82) is 0 Å². The van der Waals surface area contributed by atoms with E-state index in [0.29, 0.717) is 0 Å². The van der Waals surface area contributed by atoms with Crippen LogP contribution in [0.15, 0.2) is 36.4 Å². The zero-order valence-electron chi connectivity index (χ0n) is 12.4. The van der Waals surface area contributed by atoms with Crippen molar-refractivity contribution in [2.75, 3.05) is 0 Å². The Morgan fingerprint density at radius 1 is 0.737 bits per heavy atom. The Balaban J connectivity index is 2.29. The van der Waals surface area contributed by atoms with E-state index in [1.54, 1.807) is 0 Å². The molecule has 0 saturated heterocycles. The summed E-state index contributed by atoms with van der Waals surface area (Å²) in [6.07, 6.45) is 2.22. The van der Waals surface area contributed by atoms with Crippen LogP contribution in [0.3, 0.4) is 0 Å². The molecule has 0 bridgehead atoms. The number of rotatable bonds is 2. The summed E-state index contributed by atoms with van der Waals surface area (Å²) in [5.74, 6) is 0. The van der Waals surface area contributed by atoms with Crippen LogP contribution in [0, 0.1) is 0 Å². The number of hydrogen-bond acceptors (Lipinski definition) is 0. The van der Waals surface area contributed by atoms with E-state index < -0.39 is 0 Å². The van der Waals surface area contributed by atoms with Gasteiger partial charge >= 0.3 is 0 Å². The van der Waals surface area contributed by atoms with Crippen molar-refractivity contribution in [3.63, 3.8) is 0 Å². The molecule has 3 rings (SSSR count). The molecule has 2 aromatic carbocycles. The van der Waals surface area contributed by atoms with Crippen molar-refractivity contribution in [3.8, 4) is 11.1 Å². The van der Waals surface area contributed by atoms with Crippen LogP contribution in [0.5, 0.6) is 0 Å². The molecule has 0 spiro atoms. The molecule has 0 heterocycles. The molecule has 0 aliphatic heterocycles. The van der Waals surface area contributed by atoms with E-state index in [9.17, 15) is 0 Å². The molecule has 0 radical (unpaired) electrons. The molecular weight excluding hydrogens is 228 g/mol. The average molecular weight is 250 g/mol. The average Bonchev–Trinajstić information content (AvgIpc) is 2.66. The van der Waals surface area contributed by atoms with Gasteiger partial charge in [-0.3, -0.25) is 0 Å². The minimum Gasteiger partial charge on any atom is -0.0613 e. The van der Waals surface area contributed by atoms with Gasteiger partial charge < -0.3 is 0 Å². The molecule has 0 aromatic heterocycles. The lowest BCUT2D eigenvalue weighted by atomic mass is 9.82. The first kappa shape index (κ1) is 12.5. The maximum atomic E-state index is 2.39. The smallest absolute Gasteiger partial charge is 0.0158 e. The van der Waals surface area contributed by atoms with Crippen molar-refractivity contribution in [2.45, 2.75) is 46.0 Å². The Kier molecular flexibility index (Phi) is 2.78. The molecule has 0 saturated carbocycles. The molecular formula is C19H22. The van der Waals surface area contributed by atoms with Crippen LogP contribution in [-0.4, -0.2) is 0 Å². The zero-order valence-corrected chi connectivity index (χ0v) is 12.4. The second-order valence-electron chi connectivity index (χ2n) is 6.09. The van der Waals surface area contributed by atoms with E-state index >= 15 is 0 Å². The van der Waals surface area contributed by atoms with Gasteiger partial charge in [0.05, 0.1) is 0 Å². The molecule has 2 aromatic rings. The summed E-state index contributed by atoms with van der Waals surface area (Å²) in [5.41, 5.74) is 8.88. The first-order chi connectivity index (χ1) is 9.07. The molecule has 19 heavy (non-hydrogen) atoms. The van der Waals surface area contributed by atoms with Crippen LogP contribution >= 0.6 is 0 Å². The third-order valence-electron chi connectivity index (χ3n) is 4.62. The van der Waals surface area contributed by atoms with Gasteiger partial charge in [0, 0.05) is 5.41 Å². The van der Waals surface area contributed by atoms with Crippen molar-refractivity contribution < 1.29 is 0 Å². The van der Waals surface area contributed by atoms with Crippen molar-refractivity contribution in [2.24, 2.45) is 0 Å². The number of fused-ring (bicyclic) bond motifs is 3. The minimum atomic E-state index is 0.142. The Labute approximate surface area is 116 Å². The zero-order chi connectivity index (χ0) is 13.6. The highest BCUT2D eigenvalue weighted by Crippen LogP contribution is 2.49. The lowest BCUT2D eigenvalue weighted by Crippen LogP contribution is -2.14. The molecule has 1 aliphatic carbocycles. The van der Waals surface area contributed by atoms with Crippen molar-refractivity contribution in [1.82, 2.24) is 0 Å². The second kappa shape index (κ2) is 4.23. The lowest BCUT2D eigenvalue weighted by Gasteiger charge is -2.21. The van der Waals surface area contributed by atoms with E-state index in [2.05, 4.69) is 64.1 Å². The van der Waals surface area contributed by atoms with Gasteiger partial charge in [-0.05, 0) is 46.2 Å². The van der Waals surface area contributed by atoms with Gasteiger partial charge in [-0.1, -0.05) is 64.1 Å². The summed E-state index contributed by atoms with van der Waals surface area (Å²) in [7, 11) is 0. The second-order valence-corrected chi connectivity index (χ2v) is 6.09. The first-order valence-electron chi connectivity index (χ1n) is 7.35. The first-order valence-corrected chi connectivity index (χ1v) is 7.35. The third-order valence-corrected chi connectivity index (χ3v) is 4.62. The molecule has 0 amide bonds. The molecule has 0 fully saturated rings. The van der Waals surface area contributed by atoms with Crippen LogP contribution in [0.1, 0.15) is 49.9 Å². The van der Waals surface area contributed by atoms with Gasteiger partial charge in [-0.25, -0.2) is 0 Å². The van der Waals surface area contributed by atoms with Gasteiger partial charge in [0.15, 0.2) is 0 Å². The fourth-order valence-electron chi connectivity index (χ4n) is 3.30. The highest BCUT2D eigenvalue weighted by molar-refractivity contribution is 5.81. The van der Waals surface area contributed by atoms with Crippen LogP contribution in [0.4, 0.5) is 0 Å². The van der Waals surface area contributed by atoms with E-state index in [4.69, 9.17) is 0 Å². The summed E-state index contributed by atoms with van der Waals surface area (Å²) in [6.45, 7) is 9.14. The summed E-state index contributed by atoms with van der Waals surface area (Å²) in [6, 6.07) is 14.0. The van der Waals surface area contributed by atoms with Crippen LogP contribution in [-0.2, 0) is 18.3 Å². The molecule has 0 nitrogen and oxygen atoms in total. The van der Waals surface area contributed by atoms with E-state index in [0.717, 1.165) is 12.8 Å². The summed E-state index contributed by atoms with van der Waals surface area (Å²) >= 11 is 0. The summed E-state index contributed by atoms with van der Waals surface area (Å²) in [5, 5.41) is 0. The Morgan fingerprint density at radius 2 is 1.16 bits per heavy atom. The molecule has 0 atom stereocenters. The summed E-state index contributed by atoms with van der Waals surface area (Å²) < 4.78 is 0. The monoisotopic (exact) mass is 250 g/mol. The summed E-state index contributed by atoms with van der Waals surface area (Å²) in [4.78, 5) is 0. The van der Waals surface area contributed by atoms with Crippen molar-refractivity contribution >= 4 is 0 Å². The van der Waals surface area contributed by atoms with Gasteiger partial charge in [-0.2, -0.15) is 0 Å². The predicted molar refractivity (Wildman–Crippen MR) is 82.8 cm³/mol. The quantitative estimate of drug-likeness (QED) is 0.694. The fraction of sp³-hybridized carbons (Fsp3) is 0.368. The van der Waals surface area contributed by atoms with E-state index in [1.165, 1.54) is 33.4 Å². The minimum absolute atomic E-state index is 0.142. The van der Waals surface area contributed by atoms with E-state index in [-0.39, 0.29) is 5.41 Å². The lowest BCUT2D eigenvalue weighted by molar-refractivity contribution is 0.660. The highest BCUT2D eigenvalue weighted by atomic mass is 14.4. The van der Waals surface area contributed by atoms with Crippen molar-refractivity contribution in [3.05, 3.63) is 58.7 Å². The maximum absolute atomic E-state index is 2.39. The predicted octanol–water partition coefficient (Wildman–Crippen LogP) is 5.12. The maximum Gasteiger partial charge on any atom is 0.0158 e. The van der Waals surface area contributed by atoms with Gasteiger partial charge in [0.25, 0.3) is 0 Å². The molecule has 1 aliphatic rings. The number of aryl methyl sites for hydroxylation is 2. The van der Waals surface area contributed by atoms with Gasteiger partial charge in [0.2, 0.25) is 0 Å². The Hall–Kier alpha value is -1.56. The van der Waals surface area contributed by atoms with E-state index in [1.807, 2.05) is 0 Å². The van der Waals surface area contributed by atoms with Crippen LogP contribution < -0.4 is 0 Å². The molecule has 0 heteroatoms. The molecule has 98 valence electrons. The topological polar surface area (TPSA) is 0 Å². The standard InChI is InChI=1S/C19H22/c1-5-13-7-9-17-15(11-13)16-12-14(6-2)8-10-18(16)19(17,3)4/h7-12H,5-6H2,1-4H3. The van der Waals surface area contributed by atoms with Crippen LogP contribution in [0.2, 0.25) is 0 Å². The van der Waals surface area contributed by atoms with Gasteiger partial charge in [0.1, 0.15) is 0 Å². The fourth-order valence-corrected chi connectivity index (χ4v) is 3.30. The SMILES string of the molecule is CCc1ccc2c(c1)-c1cc(CC)ccc1C2(C)C. The molecule has 0 unspecified atom stereocenters. The Morgan fingerprint density at radius 3 is 1.53 bits per heavy atom. The highest BCUT2D eigenvalue weighted by Gasteiger charge is 2.35. The van der Waals surface area contributed by atoms with Gasteiger partial charge in [-0.15, -0.1) is 0 Å².